The van der Waals surface area contributed by atoms with Crippen LogP contribution in [0.25, 0.3) is 0 Å². The molecule has 1 aliphatic rings. The second-order valence-electron chi connectivity index (χ2n) is 4.53. The van der Waals surface area contributed by atoms with Crippen molar-refractivity contribution in [1.82, 2.24) is 4.98 Å². The molecule has 0 spiro atoms. The van der Waals surface area contributed by atoms with E-state index in [9.17, 15) is 0 Å². The Balaban J connectivity index is 2.18. The average Bonchev–Trinajstić information content (AvgIpc) is 2.32. The minimum atomic E-state index is 0.0565. The Morgan fingerprint density at radius 2 is 2.41 bits per heavy atom. The lowest BCUT2D eigenvalue weighted by Crippen LogP contribution is -2.31. The maximum Gasteiger partial charge on any atom is 0.190 e. The average molecular weight is 234 g/mol. The zero-order valence-electron chi connectivity index (χ0n) is 10.0. The number of aromatic nitrogens is 1. The van der Waals surface area contributed by atoms with Crippen molar-refractivity contribution >= 4 is 11.5 Å². The summed E-state index contributed by atoms with van der Waals surface area (Å²) in [5.41, 5.74) is 7.07. The molecule has 0 aliphatic heterocycles. The lowest BCUT2D eigenvalue weighted by molar-refractivity contribution is 0.318. The number of nitrogens with zero attached hydrogens (tertiary/aromatic N) is 3. The maximum atomic E-state index is 8.74. The van der Waals surface area contributed by atoms with Crippen LogP contribution in [-0.2, 0) is 0 Å². The summed E-state index contributed by atoms with van der Waals surface area (Å²) < 4.78 is 0. The van der Waals surface area contributed by atoms with Gasteiger partial charge in [-0.1, -0.05) is 11.6 Å². The molecule has 0 bridgehead atoms. The van der Waals surface area contributed by atoms with Gasteiger partial charge in [0.05, 0.1) is 5.69 Å². The third-order valence-electron chi connectivity index (χ3n) is 3.30. The van der Waals surface area contributed by atoms with Crippen molar-refractivity contribution in [3.05, 3.63) is 24.0 Å². The van der Waals surface area contributed by atoms with Crippen molar-refractivity contribution in [3.8, 4) is 0 Å². The lowest BCUT2D eigenvalue weighted by Gasteiger charge is -2.31. The summed E-state index contributed by atoms with van der Waals surface area (Å²) in [7, 11) is 2.02. The van der Waals surface area contributed by atoms with E-state index in [1.807, 2.05) is 19.2 Å². The van der Waals surface area contributed by atoms with Gasteiger partial charge in [0.1, 0.15) is 5.69 Å². The first kappa shape index (κ1) is 11.7. The van der Waals surface area contributed by atoms with Crippen LogP contribution in [0.3, 0.4) is 0 Å². The minimum absolute atomic E-state index is 0.0565. The summed E-state index contributed by atoms with van der Waals surface area (Å²) in [6.07, 6.45) is 5.57. The molecule has 1 saturated carbocycles. The van der Waals surface area contributed by atoms with Crippen LogP contribution >= 0.6 is 0 Å². The van der Waals surface area contributed by atoms with Crippen LogP contribution in [-0.4, -0.2) is 29.6 Å². The van der Waals surface area contributed by atoms with Crippen molar-refractivity contribution in [3.63, 3.8) is 0 Å². The Labute approximate surface area is 101 Å². The van der Waals surface area contributed by atoms with Crippen LogP contribution in [0.5, 0.6) is 0 Å². The maximum absolute atomic E-state index is 8.74. The standard InChI is InChI=1S/C12H18N4O/c1-16(8-9-4-2-5-9)10-6-3-7-14-11(10)12(13)15-17/h3,6-7,9,17H,2,4-5,8H2,1H3,(H2,13,15). The fraction of sp³-hybridized carbons (Fsp3) is 0.500. The van der Waals surface area contributed by atoms with Gasteiger partial charge in [0, 0.05) is 19.8 Å². The molecule has 0 radical (unpaired) electrons. The first-order valence-corrected chi connectivity index (χ1v) is 5.86. The van der Waals surface area contributed by atoms with Gasteiger partial charge in [-0.2, -0.15) is 0 Å². The predicted octanol–water partition coefficient (Wildman–Crippen LogP) is 1.41. The number of nitrogens with two attached hydrogens (primary N) is 1. The van der Waals surface area contributed by atoms with Crippen molar-refractivity contribution in [1.29, 1.82) is 0 Å². The van der Waals surface area contributed by atoms with Crippen LogP contribution in [0.1, 0.15) is 25.0 Å². The fourth-order valence-electron chi connectivity index (χ4n) is 2.11. The second kappa shape index (κ2) is 5.03. The molecule has 0 saturated heterocycles. The third-order valence-corrected chi connectivity index (χ3v) is 3.30. The van der Waals surface area contributed by atoms with Crippen LogP contribution in [0, 0.1) is 5.92 Å². The third kappa shape index (κ3) is 2.49. The van der Waals surface area contributed by atoms with Gasteiger partial charge in [-0.3, -0.25) is 4.98 Å². The molecule has 1 fully saturated rings. The van der Waals surface area contributed by atoms with Crippen molar-refractivity contribution in [2.75, 3.05) is 18.5 Å². The van der Waals surface area contributed by atoms with Crippen molar-refractivity contribution < 1.29 is 5.21 Å². The number of hydrogen-bond acceptors (Lipinski definition) is 4. The number of rotatable bonds is 4. The van der Waals surface area contributed by atoms with Gasteiger partial charge in [0.15, 0.2) is 5.84 Å². The van der Waals surface area contributed by atoms with E-state index >= 15 is 0 Å². The SMILES string of the molecule is CN(CC1CCC1)c1cccnc1/C(N)=N/O. The van der Waals surface area contributed by atoms with E-state index in [2.05, 4.69) is 15.0 Å². The van der Waals surface area contributed by atoms with Gasteiger partial charge in [-0.05, 0) is 30.9 Å². The quantitative estimate of drug-likeness (QED) is 0.357. The first-order chi connectivity index (χ1) is 8.22. The molecule has 1 aromatic rings. The summed E-state index contributed by atoms with van der Waals surface area (Å²) in [6, 6.07) is 3.81. The van der Waals surface area contributed by atoms with Crippen molar-refractivity contribution in [2.45, 2.75) is 19.3 Å². The molecule has 2 rings (SSSR count). The summed E-state index contributed by atoms with van der Waals surface area (Å²) in [4.78, 5) is 6.29. The summed E-state index contributed by atoms with van der Waals surface area (Å²) in [5, 5.41) is 11.8. The molecule has 1 aliphatic carbocycles. The topological polar surface area (TPSA) is 74.7 Å². The molecular weight excluding hydrogens is 216 g/mol. The second-order valence-corrected chi connectivity index (χ2v) is 4.53. The number of oxime groups is 1. The predicted molar refractivity (Wildman–Crippen MR) is 67.4 cm³/mol. The van der Waals surface area contributed by atoms with Gasteiger partial charge < -0.3 is 15.8 Å². The molecule has 1 aromatic heterocycles. The zero-order chi connectivity index (χ0) is 12.3. The monoisotopic (exact) mass is 234 g/mol. The largest absolute Gasteiger partial charge is 0.409 e. The van der Waals surface area contributed by atoms with Gasteiger partial charge in [0.25, 0.3) is 0 Å². The van der Waals surface area contributed by atoms with Crippen molar-refractivity contribution in [2.24, 2.45) is 16.8 Å². The van der Waals surface area contributed by atoms with Gasteiger partial charge >= 0.3 is 0 Å². The molecule has 17 heavy (non-hydrogen) atoms. The number of hydrogen-bond donors (Lipinski definition) is 2. The zero-order valence-corrected chi connectivity index (χ0v) is 10.0. The highest BCUT2D eigenvalue weighted by Crippen LogP contribution is 2.28. The van der Waals surface area contributed by atoms with E-state index in [0.717, 1.165) is 18.2 Å². The van der Waals surface area contributed by atoms with Crippen LogP contribution in [0.2, 0.25) is 0 Å². The highest BCUT2D eigenvalue weighted by Gasteiger charge is 2.21. The number of anilines is 1. The Bertz CT molecular complexity index is 415. The van der Waals surface area contributed by atoms with Crippen LogP contribution in [0.4, 0.5) is 5.69 Å². The molecule has 5 nitrogen and oxygen atoms in total. The summed E-state index contributed by atoms with van der Waals surface area (Å²) in [6.45, 7) is 0.997. The molecule has 0 atom stereocenters. The lowest BCUT2D eigenvalue weighted by atomic mass is 9.85. The molecule has 0 unspecified atom stereocenters. The number of amidine groups is 1. The Morgan fingerprint density at radius 3 is 3.00 bits per heavy atom. The van der Waals surface area contributed by atoms with Gasteiger partial charge in [-0.15, -0.1) is 0 Å². The van der Waals surface area contributed by atoms with Crippen LogP contribution < -0.4 is 10.6 Å². The van der Waals surface area contributed by atoms with Gasteiger partial charge in [0.2, 0.25) is 0 Å². The Morgan fingerprint density at radius 1 is 1.65 bits per heavy atom. The van der Waals surface area contributed by atoms with E-state index < -0.39 is 0 Å². The van der Waals surface area contributed by atoms with E-state index in [1.165, 1.54) is 19.3 Å². The van der Waals surface area contributed by atoms with Gasteiger partial charge in [-0.25, -0.2) is 0 Å². The Hall–Kier alpha value is -1.78. The van der Waals surface area contributed by atoms with E-state index in [0.29, 0.717) is 5.69 Å². The van der Waals surface area contributed by atoms with E-state index in [1.54, 1.807) is 6.20 Å². The molecule has 0 amide bonds. The number of pyridine rings is 1. The molecule has 5 heteroatoms. The highest BCUT2D eigenvalue weighted by atomic mass is 16.4. The van der Waals surface area contributed by atoms with E-state index in [-0.39, 0.29) is 5.84 Å². The highest BCUT2D eigenvalue weighted by molar-refractivity contribution is 6.00. The smallest absolute Gasteiger partial charge is 0.190 e. The van der Waals surface area contributed by atoms with Crippen LogP contribution in [0.15, 0.2) is 23.5 Å². The molecule has 3 N–H and O–H groups in total. The normalized spacial score (nSPS) is 16.6. The molecule has 1 heterocycles. The molecular formula is C12H18N4O. The Kier molecular flexibility index (Phi) is 3.46. The summed E-state index contributed by atoms with van der Waals surface area (Å²) in [5.74, 6) is 0.821. The minimum Gasteiger partial charge on any atom is -0.409 e. The molecule has 92 valence electrons. The fourth-order valence-corrected chi connectivity index (χ4v) is 2.11. The molecule has 0 aromatic carbocycles. The summed E-state index contributed by atoms with van der Waals surface area (Å²) >= 11 is 0. The first-order valence-electron chi connectivity index (χ1n) is 5.86. The van der Waals surface area contributed by atoms with E-state index in [4.69, 9.17) is 10.9 Å².